The summed E-state index contributed by atoms with van der Waals surface area (Å²) in [6, 6.07) is 50.8. The van der Waals surface area contributed by atoms with Crippen molar-refractivity contribution in [2.24, 2.45) is 0 Å². The Bertz CT molecular complexity index is 2790. The topological polar surface area (TPSA) is 9.86 Å². The van der Waals surface area contributed by atoms with Gasteiger partial charge in [0.1, 0.15) is 0 Å². The fraction of sp³-hybridized carbons (Fsp3) is 0. The highest BCUT2D eigenvalue weighted by atomic mass is 32.2. The zero-order chi connectivity index (χ0) is 30.8. The van der Waals surface area contributed by atoms with Crippen LogP contribution >= 0.6 is 23.5 Å². The molecule has 0 N–H and O–H groups in total. The van der Waals surface area contributed by atoms with Crippen molar-refractivity contribution in [3.63, 3.8) is 0 Å². The van der Waals surface area contributed by atoms with Crippen molar-refractivity contribution in [3.05, 3.63) is 133 Å². The fourth-order valence-electron chi connectivity index (χ4n) is 9.73. The molecule has 0 fully saturated rings. The lowest BCUT2D eigenvalue weighted by atomic mass is 9.35. The monoisotopic (exact) mass is 640 g/mol. The number of para-hydroxylation sites is 2. The van der Waals surface area contributed by atoms with E-state index in [0.717, 1.165) is 0 Å². The van der Waals surface area contributed by atoms with Gasteiger partial charge < -0.3 is 9.13 Å². The molecule has 4 aliphatic rings. The summed E-state index contributed by atoms with van der Waals surface area (Å²) in [4.78, 5) is 5.47. The van der Waals surface area contributed by atoms with E-state index in [2.05, 4.69) is 143 Å². The van der Waals surface area contributed by atoms with Crippen molar-refractivity contribution in [1.82, 2.24) is 9.13 Å². The molecule has 0 bridgehead atoms. The van der Waals surface area contributed by atoms with Crippen LogP contribution < -0.4 is 32.8 Å². The summed E-state index contributed by atoms with van der Waals surface area (Å²) >= 11 is 3.85. The third-order valence-corrected chi connectivity index (χ3v) is 13.8. The minimum absolute atomic E-state index is 0.222. The summed E-state index contributed by atoms with van der Waals surface area (Å²) in [5.74, 6) is 0. The first kappa shape index (κ1) is 25.0. The molecule has 0 spiro atoms. The predicted molar refractivity (Wildman–Crippen MR) is 206 cm³/mol. The van der Waals surface area contributed by atoms with Crippen LogP contribution in [0.5, 0.6) is 0 Å². The SMILES string of the molecule is c1ccc2c(c1)Sc1cccc3c1B2c1cccc2c4ccc5c6cccc7c6n(c5c4n-3c12)-c1cccc2c1B7c1ccccc1S2. The number of fused-ring (bicyclic) bond motifs is 15. The Hall–Kier alpha value is -5.03. The van der Waals surface area contributed by atoms with Gasteiger partial charge in [0.15, 0.2) is 0 Å². The van der Waals surface area contributed by atoms with E-state index in [-0.39, 0.29) is 13.4 Å². The highest BCUT2D eigenvalue weighted by molar-refractivity contribution is 8.00. The maximum absolute atomic E-state index is 2.64. The van der Waals surface area contributed by atoms with Gasteiger partial charge in [0.25, 0.3) is 0 Å². The van der Waals surface area contributed by atoms with Gasteiger partial charge in [0.05, 0.1) is 11.0 Å². The quantitative estimate of drug-likeness (QED) is 0.176. The molecule has 2 nitrogen and oxygen atoms in total. The molecule has 6 heterocycles. The summed E-state index contributed by atoms with van der Waals surface area (Å²) in [5.41, 5.74) is 16.5. The third kappa shape index (κ3) is 2.76. The molecule has 0 amide bonds. The van der Waals surface area contributed by atoms with E-state index >= 15 is 0 Å². The highest BCUT2D eigenvalue weighted by Crippen LogP contribution is 2.45. The van der Waals surface area contributed by atoms with Crippen LogP contribution in [0.25, 0.3) is 55.0 Å². The molecule has 0 unspecified atom stereocenters. The van der Waals surface area contributed by atoms with Gasteiger partial charge >= 0.3 is 0 Å². The zero-order valence-corrected chi connectivity index (χ0v) is 27.2. The predicted octanol–water partition coefficient (Wildman–Crippen LogP) is 6.47. The normalized spacial score (nSPS) is 14.4. The third-order valence-electron chi connectivity index (χ3n) is 11.4. The van der Waals surface area contributed by atoms with E-state index in [0.29, 0.717) is 0 Å². The highest BCUT2D eigenvalue weighted by Gasteiger charge is 2.42. The van der Waals surface area contributed by atoms with Crippen molar-refractivity contribution in [3.8, 4) is 11.4 Å². The smallest absolute Gasteiger partial charge is 0.249 e. The second-order valence-electron chi connectivity index (χ2n) is 13.5. The number of benzene rings is 7. The van der Waals surface area contributed by atoms with Crippen molar-refractivity contribution in [2.75, 3.05) is 0 Å². The molecule has 13 rings (SSSR count). The molecule has 48 heavy (non-hydrogen) atoms. The summed E-state index contributed by atoms with van der Waals surface area (Å²) in [6.07, 6.45) is 0. The summed E-state index contributed by atoms with van der Waals surface area (Å²) in [6.45, 7) is 0.444. The van der Waals surface area contributed by atoms with Crippen LogP contribution in [0.1, 0.15) is 0 Å². The summed E-state index contributed by atoms with van der Waals surface area (Å²) in [7, 11) is 0. The Labute approximate surface area is 285 Å². The molecule has 0 atom stereocenters. The van der Waals surface area contributed by atoms with Crippen LogP contribution in [0, 0.1) is 0 Å². The Morgan fingerprint density at radius 2 is 0.729 bits per heavy atom. The second-order valence-corrected chi connectivity index (χ2v) is 15.7. The molecule has 0 saturated carbocycles. The summed E-state index contributed by atoms with van der Waals surface area (Å²) in [5, 5.41) is 5.32. The molecule has 9 aromatic rings. The first-order valence-electron chi connectivity index (χ1n) is 16.7. The molecule has 6 heteroatoms. The number of hydrogen-bond acceptors (Lipinski definition) is 2. The molecule has 0 saturated heterocycles. The largest absolute Gasteiger partial charge is 0.308 e. The number of aromatic nitrogens is 2. The lowest BCUT2D eigenvalue weighted by Crippen LogP contribution is -2.58. The first-order chi connectivity index (χ1) is 23.8. The average molecular weight is 640 g/mol. The molecular weight excluding hydrogens is 618 g/mol. The minimum Gasteiger partial charge on any atom is -0.308 e. The Balaban J connectivity index is 1.25. The van der Waals surface area contributed by atoms with Crippen LogP contribution in [0.15, 0.2) is 153 Å². The lowest BCUT2D eigenvalue weighted by molar-refractivity contribution is 1.14. The molecule has 4 aliphatic heterocycles. The van der Waals surface area contributed by atoms with Crippen LogP contribution in [-0.4, -0.2) is 22.6 Å². The Morgan fingerprint density at radius 3 is 1.23 bits per heavy atom. The van der Waals surface area contributed by atoms with Crippen LogP contribution in [-0.2, 0) is 0 Å². The number of rotatable bonds is 0. The Kier molecular flexibility index (Phi) is 4.44. The molecule has 0 radical (unpaired) electrons. The van der Waals surface area contributed by atoms with Crippen molar-refractivity contribution in [2.45, 2.75) is 19.6 Å². The van der Waals surface area contributed by atoms with E-state index < -0.39 is 0 Å². The van der Waals surface area contributed by atoms with Crippen molar-refractivity contribution >= 4 is 113 Å². The fourth-order valence-corrected chi connectivity index (χ4v) is 12.1. The first-order valence-corrected chi connectivity index (χ1v) is 18.3. The van der Waals surface area contributed by atoms with Gasteiger partial charge in [-0.05, 0) is 58.2 Å². The van der Waals surface area contributed by atoms with Crippen LogP contribution in [0.4, 0.5) is 0 Å². The number of hydrogen-bond donors (Lipinski definition) is 0. The number of nitrogens with zero attached hydrogens (tertiary/aromatic N) is 2. The average Bonchev–Trinajstić information content (AvgIpc) is 3.66. The van der Waals surface area contributed by atoms with Crippen molar-refractivity contribution in [1.29, 1.82) is 0 Å². The van der Waals surface area contributed by atoms with E-state index in [1.54, 1.807) is 0 Å². The van der Waals surface area contributed by atoms with E-state index in [1.807, 2.05) is 23.5 Å². The van der Waals surface area contributed by atoms with Gasteiger partial charge in [-0.3, -0.25) is 0 Å². The maximum Gasteiger partial charge on any atom is 0.249 e. The standard InChI is InChI=1S/C42H22B2N2S2/c1-3-17-33-27(11-1)43-29-13-5-9-23-25-21-22-26-24-10-6-14-30-40(24)46(32-16-8-20-36-38(32)44(30)28-12-2-4-18-34(28)48-36)42(26)41(25)45(39(23)29)31-15-7-19-35(47-33)37(31)43/h1-22H. The van der Waals surface area contributed by atoms with Gasteiger partial charge in [-0.1, -0.05) is 132 Å². The van der Waals surface area contributed by atoms with E-state index in [1.165, 1.54) is 107 Å². The van der Waals surface area contributed by atoms with Gasteiger partial charge in [0.2, 0.25) is 13.4 Å². The lowest BCUT2D eigenvalue weighted by Gasteiger charge is -2.34. The molecule has 2 aromatic heterocycles. The zero-order valence-electron chi connectivity index (χ0n) is 25.6. The van der Waals surface area contributed by atoms with Gasteiger partial charge in [-0.25, -0.2) is 0 Å². The summed E-state index contributed by atoms with van der Waals surface area (Å²) < 4.78 is 5.28. The van der Waals surface area contributed by atoms with Crippen LogP contribution in [0.2, 0.25) is 0 Å². The van der Waals surface area contributed by atoms with E-state index in [4.69, 9.17) is 0 Å². The van der Waals surface area contributed by atoms with Crippen LogP contribution in [0.3, 0.4) is 0 Å². The molecule has 218 valence electrons. The Morgan fingerprint density at radius 1 is 0.333 bits per heavy atom. The molecule has 7 aromatic carbocycles. The second kappa shape index (κ2) is 8.51. The molecule has 0 aliphatic carbocycles. The van der Waals surface area contributed by atoms with E-state index in [9.17, 15) is 0 Å². The maximum atomic E-state index is 2.64. The van der Waals surface area contributed by atoms with Gasteiger partial charge in [-0.15, -0.1) is 0 Å². The van der Waals surface area contributed by atoms with Crippen molar-refractivity contribution < 1.29 is 0 Å². The van der Waals surface area contributed by atoms with Gasteiger partial charge in [0, 0.05) is 63.5 Å². The minimum atomic E-state index is 0.222. The molecular formula is C42H22B2N2S2. The van der Waals surface area contributed by atoms with Gasteiger partial charge in [-0.2, -0.15) is 0 Å².